The molecule has 1 unspecified atom stereocenters. The molecule has 0 saturated heterocycles. The highest BCUT2D eigenvalue weighted by Crippen LogP contribution is 2.11. The number of hydrogen-bond acceptors (Lipinski definition) is 3. The van der Waals surface area contributed by atoms with E-state index in [9.17, 15) is 0 Å². The number of guanidine groups is 1. The van der Waals surface area contributed by atoms with Crippen LogP contribution in [-0.4, -0.2) is 48.1 Å². The van der Waals surface area contributed by atoms with Gasteiger partial charge in [-0.2, -0.15) is 0 Å². The Balaban J connectivity index is 0.00000576. The largest absolute Gasteiger partial charge is 0.370 e. The molecule has 1 aromatic rings. The molecule has 1 aromatic heterocycles. The van der Waals surface area contributed by atoms with Crippen LogP contribution in [0.5, 0.6) is 0 Å². The number of aliphatic imine (C=N–C) groups is 1. The van der Waals surface area contributed by atoms with Crippen LogP contribution in [-0.2, 0) is 6.42 Å². The van der Waals surface area contributed by atoms with E-state index in [2.05, 4.69) is 47.2 Å². The van der Waals surface area contributed by atoms with E-state index in [0.717, 1.165) is 31.7 Å². The van der Waals surface area contributed by atoms with Crippen molar-refractivity contribution in [2.75, 3.05) is 26.2 Å². The van der Waals surface area contributed by atoms with E-state index < -0.39 is 0 Å². The molecule has 0 spiro atoms. The molecule has 0 aliphatic carbocycles. The van der Waals surface area contributed by atoms with Crippen LogP contribution in [0.25, 0.3) is 0 Å². The first-order valence-electron chi connectivity index (χ1n) is 8.48. The molecule has 0 radical (unpaired) electrons. The molecule has 0 fully saturated rings. The van der Waals surface area contributed by atoms with E-state index in [1.54, 1.807) is 6.20 Å². The maximum Gasteiger partial charge on any atom is 0.188 e. The van der Waals surface area contributed by atoms with Gasteiger partial charge in [0.05, 0.1) is 6.54 Å². The minimum Gasteiger partial charge on any atom is -0.370 e. The molecule has 1 heterocycles. The number of aromatic nitrogens is 1. The van der Waals surface area contributed by atoms with Gasteiger partial charge in [-0.3, -0.25) is 14.9 Å². The minimum atomic E-state index is 0. The average Bonchev–Trinajstić information content (AvgIpc) is 2.56. The van der Waals surface area contributed by atoms with Crippen LogP contribution in [0.4, 0.5) is 0 Å². The van der Waals surface area contributed by atoms with Gasteiger partial charge in [-0.05, 0) is 18.1 Å². The Hall–Kier alpha value is -1.41. The third kappa shape index (κ3) is 9.60. The van der Waals surface area contributed by atoms with E-state index >= 15 is 0 Å². The molecule has 0 aliphatic rings. The standard InChI is InChI=1S/C19H31N5.HI/c1-5-13-24(14-6-2)18(16(3)4)15-23-19(20)22-12-10-17-9-7-8-11-21-17;/h5-9,11,16,18H,1-2,10,12-15H2,3-4H3,(H3,20,22,23);1H. The lowest BCUT2D eigenvalue weighted by molar-refractivity contribution is 0.195. The summed E-state index contributed by atoms with van der Waals surface area (Å²) in [6.07, 6.45) is 6.45. The Labute approximate surface area is 169 Å². The maximum atomic E-state index is 5.99. The van der Waals surface area contributed by atoms with Crippen LogP contribution in [0, 0.1) is 5.92 Å². The van der Waals surface area contributed by atoms with E-state index in [-0.39, 0.29) is 24.0 Å². The lowest BCUT2D eigenvalue weighted by Gasteiger charge is -2.31. The second kappa shape index (κ2) is 13.8. The molecule has 25 heavy (non-hydrogen) atoms. The smallest absolute Gasteiger partial charge is 0.188 e. The first-order valence-corrected chi connectivity index (χ1v) is 8.48. The number of nitrogens with zero attached hydrogens (tertiary/aromatic N) is 3. The second-order valence-corrected chi connectivity index (χ2v) is 6.07. The van der Waals surface area contributed by atoms with Gasteiger partial charge in [0.1, 0.15) is 0 Å². The fourth-order valence-electron chi connectivity index (χ4n) is 2.54. The first kappa shape index (κ1) is 23.6. The molecule has 0 amide bonds. The van der Waals surface area contributed by atoms with Gasteiger partial charge in [0.25, 0.3) is 0 Å². The molecule has 5 nitrogen and oxygen atoms in total. The molecule has 0 aliphatic heterocycles. The van der Waals surface area contributed by atoms with Crippen molar-refractivity contribution in [1.82, 2.24) is 15.2 Å². The Morgan fingerprint density at radius 3 is 2.52 bits per heavy atom. The van der Waals surface area contributed by atoms with Gasteiger partial charge in [-0.15, -0.1) is 37.1 Å². The van der Waals surface area contributed by atoms with Crippen molar-refractivity contribution in [3.8, 4) is 0 Å². The molecule has 0 saturated carbocycles. The van der Waals surface area contributed by atoms with Gasteiger partial charge in [0, 0.05) is 44.0 Å². The zero-order chi connectivity index (χ0) is 17.8. The Bertz CT molecular complexity index is 506. The van der Waals surface area contributed by atoms with E-state index in [4.69, 9.17) is 5.73 Å². The van der Waals surface area contributed by atoms with Crippen molar-refractivity contribution >= 4 is 29.9 Å². The van der Waals surface area contributed by atoms with Crippen LogP contribution in [0.1, 0.15) is 19.5 Å². The molecule has 6 heteroatoms. The summed E-state index contributed by atoms with van der Waals surface area (Å²) in [5, 5.41) is 3.16. The van der Waals surface area contributed by atoms with Gasteiger partial charge in [0.15, 0.2) is 5.96 Å². The molecule has 140 valence electrons. The number of nitrogens with two attached hydrogens (primary N) is 1. The summed E-state index contributed by atoms with van der Waals surface area (Å²) in [4.78, 5) is 11.1. The highest BCUT2D eigenvalue weighted by molar-refractivity contribution is 14.0. The molecule has 1 rings (SSSR count). The Kier molecular flexibility index (Phi) is 13.1. The van der Waals surface area contributed by atoms with Crippen LogP contribution < -0.4 is 11.1 Å². The molecular weight excluding hydrogens is 425 g/mol. The summed E-state index contributed by atoms with van der Waals surface area (Å²) in [5.41, 5.74) is 7.04. The zero-order valence-corrected chi connectivity index (χ0v) is 17.7. The number of pyridine rings is 1. The Morgan fingerprint density at radius 1 is 1.32 bits per heavy atom. The summed E-state index contributed by atoms with van der Waals surface area (Å²) in [6.45, 7) is 15.1. The molecular formula is C19H32IN5. The first-order chi connectivity index (χ1) is 11.6. The van der Waals surface area contributed by atoms with Gasteiger partial charge in [-0.1, -0.05) is 32.1 Å². The Morgan fingerprint density at radius 2 is 2.00 bits per heavy atom. The summed E-state index contributed by atoms with van der Waals surface area (Å²) in [5.74, 6) is 0.948. The van der Waals surface area contributed by atoms with Gasteiger partial charge in [-0.25, -0.2) is 0 Å². The highest BCUT2D eigenvalue weighted by Gasteiger charge is 2.19. The van der Waals surface area contributed by atoms with Crippen molar-refractivity contribution in [1.29, 1.82) is 0 Å². The van der Waals surface area contributed by atoms with Crippen molar-refractivity contribution < 1.29 is 0 Å². The fraction of sp³-hybridized carbons (Fsp3) is 0.474. The zero-order valence-electron chi connectivity index (χ0n) is 15.4. The minimum absolute atomic E-state index is 0. The number of halogens is 1. The summed E-state index contributed by atoms with van der Waals surface area (Å²) in [6, 6.07) is 6.21. The van der Waals surface area contributed by atoms with E-state index in [0.29, 0.717) is 24.5 Å². The summed E-state index contributed by atoms with van der Waals surface area (Å²) >= 11 is 0. The fourth-order valence-corrected chi connectivity index (χ4v) is 2.54. The van der Waals surface area contributed by atoms with Gasteiger partial charge in [0.2, 0.25) is 0 Å². The van der Waals surface area contributed by atoms with E-state index in [1.807, 2.05) is 30.4 Å². The predicted octanol–water partition coefficient (Wildman–Crippen LogP) is 2.85. The molecule has 0 aromatic carbocycles. The van der Waals surface area contributed by atoms with E-state index in [1.165, 1.54) is 0 Å². The molecule has 3 N–H and O–H groups in total. The van der Waals surface area contributed by atoms with Crippen LogP contribution in [0.2, 0.25) is 0 Å². The number of rotatable bonds is 11. The third-order valence-electron chi connectivity index (χ3n) is 3.83. The quantitative estimate of drug-likeness (QED) is 0.232. The molecule has 1 atom stereocenters. The van der Waals surface area contributed by atoms with Gasteiger partial charge < -0.3 is 11.1 Å². The maximum absolute atomic E-state index is 5.99. The normalized spacial score (nSPS) is 12.6. The average molecular weight is 457 g/mol. The lowest BCUT2D eigenvalue weighted by Crippen LogP contribution is -2.42. The van der Waals surface area contributed by atoms with Crippen molar-refractivity contribution in [2.45, 2.75) is 26.3 Å². The van der Waals surface area contributed by atoms with Crippen molar-refractivity contribution in [3.05, 3.63) is 55.4 Å². The molecule has 0 bridgehead atoms. The van der Waals surface area contributed by atoms with Crippen molar-refractivity contribution in [2.24, 2.45) is 16.6 Å². The third-order valence-corrected chi connectivity index (χ3v) is 3.83. The predicted molar refractivity (Wildman–Crippen MR) is 118 cm³/mol. The highest BCUT2D eigenvalue weighted by atomic mass is 127. The van der Waals surface area contributed by atoms with Crippen molar-refractivity contribution in [3.63, 3.8) is 0 Å². The van der Waals surface area contributed by atoms with Crippen LogP contribution in [0.3, 0.4) is 0 Å². The number of nitrogens with one attached hydrogen (secondary N) is 1. The van der Waals surface area contributed by atoms with Gasteiger partial charge >= 0.3 is 0 Å². The summed E-state index contributed by atoms with van der Waals surface area (Å²) in [7, 11) is 0. The topological polar surface area (TPSA) is 66.5 Å². The number of hydrogen-bond donors (Lipinski definition) is 2. The monoisotopic (exact) mass is 457 g/mol. The second-order valence-electron chi connectivity index (χ2n) is 6.07. The SMILES string of the molecule is C=CCN(CC=C)C(CN=C(N)NCCc1ccccn1)C(C)C.I. The lowest BCUT2D eigenvalue weighted by atomic mass is 10.0. The van der Waals surface area contributed by atoms with Crippen LogP contribution in [0.15, 0.2) is 54.7 Å². The van der Waals surface area contributed by atoms with Crippen LogP contribution >= 0.6 is 24.0 Å². The summed E-state index contributed by atoms with van der Waals surface area (Å²) < 4.78 is 0.